The molecular formula is C15H23FN2O2. The van der Waals surface area contributed by atoms with Crippen molar-refractivity contribution in [2.45, 2.75) is 45.7 Å². The summed E-state index contributed by atoms with van der Waals surface area (Å²) in [5.74, 6) is -0.292. The van der Waals surface area contributed by atoms with Crippen molar-refractivity contribution in [2.75, 3.05) is 6.61 Å². The Kier molecular flexibility index (Phi) is 6.45. The third kappa shape index (κ3) is 4.81. The summed E-state index contributed by atoms with van der Waals surface area (Å²) in [4.78, 5) is 11.7. The molecule has 20 heavy (non-hydrogen) atoms. The molecule has 4 nitrogen and oxygen atoms in total. The maximum absolute atomic E-state index is 13.7. The first-order valence-corrected chi connectivity index (χ1v) is 6.95. The fourth-order valence-corrected chi connectivity index (χ4v) is 1.88. The second-order valence-corrected chi connectivity index (χ2v) is 4.84. The monoisotopic (exact) mass is 282 g/mol. The first-order valence-electron chi connectivity index (χ1n) is 6.95. The Morgan fingerprint density at radius 1 is 1.40 bits per heavy atom. The van der Waals surface area contributed by atoms with E-state index in [4.69, 9.17) is 10.5 Å². The van der Waals surface area contributed by atoms with Crippen LogP contribution in [0.3, 0.4) is 0 Å². The average Bonchev–Trinajstić information content (AvgIpc) is 2.42. The smallest absolute Gasteiger partial charge is 0.258 e. The molecule has 1 atom stereocenters. The van der Waals surface area contributed by atoms with E-state index in [2.05, 4.69) is 5.32 Å². The molecular weight excluding hydrogens is 259 g/mol. The number of nitrogens with two attached hydrogens (primary N) is 1. The number of hydrogen-bond acceptors (Lipinski definition) is 3. The van der Waals surface area contributed by atoms with Gasteiger partial charge < -0.3 is 15.8 Å². The van der Waals surface area contributed by atoms with Crippen LogP contribution in [0.5, 0.6) is 5.75 Å². The van der Waals surface area contributed by atoms with Gasteiger partial charge in [-0.05, 0) is 25.8 Å². The van der Waals surface area contributed by atoms with E-state index in [0.29, 0.717) is 11.3 Å². The summed E-state index contributed by atoms with van der Waals surface area (Å²) in [6, 6.07) is 4.23. The number of hydrogen-bond donors (Lipinski definition) is 2. The predicted octanol–water partition coefficient (Wildman–Crippen LogP) is 2.53. The topological polar surface area (TPSA) is 64.3 Å². The fourth-order valence-electron chi connectivity index (χ4n) is 1.88. The summed E-state index contributed by atoms with van der Waals surface area (Å²) in [6.45, 7) is 5.62. The first kappa shape index (κ1) is 16.4. The molecule has 0 heterocycles. The largest absolute Gasteiger partial charge is 0.484 e. The van der Waals surface area contributed by atoms with Gasteiger partial charge in [-0.2, -0.15) is 0 Å². The van der Waals surface area contributed by atoms with E-state index in [1.54, 1.807) is 19.1 Å². The molecule has 0 fully saturated rings. The molecule has 0 bridgehead atoms. The van der Waals surface area contributed by atoms with Gasteiger partial charge in [-0.25, -0.2) is 4.39 Å². The van der Waals surface area contributed by atoms with Gasteiger partial charge in [0.2, 0.25) is 0 Å². The molecule has 1 rings (SSSR count). The number of ether oxygens (including phenoxy) is 1. The van der Waals surface area contributed by atoms with Gasteiger partial charge in [0.15, 0.2) is 6.61 Å². The second-order valence-electron chi connectivity index (χ2n) is 4.84. The van der Waals surface area contributed by atoms with Crippen LogP contribution < -0.4 is 15.8 Å². The molecule has 3 N–H and O–H groups in total. The van der Waals surface area contributed by atoms with Gasteiger partial charge in [0.1, 0.15) is 11.6 Å². The van der Waals surface area contributed by atoms with Crippen molar-refractivity contribution >= 4 is 5.91 Å². The lowest BCUT2D eigenvalue weighted by Gasteiger charge is -2.15. The molecule has 1 aromatic carbocycles. The van der Waals surface area contributed by atoms with Gasteiger partial charge >= 0.3 is 0 Å². The maximum atomic E-state index is 13.7. The van der Waals surface area contributed by atoms with Crippen LogP contribution in [0.1, 0.15) is 45.2 Å². The Bertz CT molecular complexity index is 445. The highest BCUT2D eigenvalue weighted by Crippen LogP contribution is 2.20. The highest BCUT2D eigenvalue weighted by atomic mass is 19.1. The minimum Gasteiger partial charge on any atom is -0.484 e. The maximum Gasteiger partial charge on any atom is 0.258 e. The number of nitrogens with one attached hydrogen (secondary N) is 1. The lowest BCUT2D eigenvalue weighted by atomic mass is 10.1. The summed E-state index contributed by atoms with van der Waals surface area (Å²) in [5.41, 5.74) is 6.06. The first-order chi connectivity index (χ1) is 9.47. The van der Waals surface area contributed by atoms with Crippen molar-refractivity contribution in [1.82, 2.24) is 5.32 Å². The lowest BCUT2D eigenvalue weighted by Crippen LogP contribution is -2.37. The average molecular weight is 282 g/mol. The molecule has 0 saturated carbocycles. The van der Waals surface area contributed by atoms with Crippen LogP contribution in [0.25, 0.3) is 0 Å². The zero-order valence-electron chi connectivity index (χ0n) is 12.3. The third-order valence-corrected chi connectivity index (χ3v) is 3.18. The normalized spacial score (nSPS) is 12.3. The molecule has 112 valence electrons. The molecule has 1 aromatic rings. The summed E-state index contributed by atoms with van der Waals surface area (Å²) < 4.78 is 19.0. The van der Waals surface area contributed by atoms with Gasteiger partial charge in [-0.1, -0.05) is 19.9 Å². The van der Waals surface area contributed by atoms with Crippen LogP contribution in [-0.4, -0.2) is 18.6 Å². The quantitative estimate of drug-likeness (QED) is 0.807. The minimum absolute atomic E-state index is 0.118. The second kappa shape index (κ2) is 7.85. The SMILES string of the molecule is CCC(CC)NC(=O)COc1ccc([C@@H](C)N)c(F)c1. The summed E-state index contributed by atoms with van der Waals surface area (Å²) >= 11 is 0. The van der Waals surface area contributed by atoms with E-state index in [9.17, 15) is 9.18 Å². The number of carbonyl (C=O) groups excluding carboxylic acids is 1. The molecule has 0 spiro atoms. The van der Waals surface area contributed by atoms with Gasteiger partial charge in [-0.3, -0.25) is 4.79 Å². The van der Waals surface area contributed by atoms with Gasteiger partial charge in [0.25, 0.3) is 5.91 Å². The Hall–Kier alpha value is -1.62. The van der Waals surface area contributed by atoms with Crippen molar-refractivity contribution in [3.8, 4) is 5.75 Å². The van der Waals surface area contributed by atoms with Crippen LogP contribution in [0.4, 0.5) is 4.39 Å². The third-order valence-electron chi connectivity index (χ3n) is 3.18. The van der Waals surface area contributed by atoms with Crippen LogP contribution >= 0.6 is 0 Å². The van der Waals surface area contributed by atoms with E-state index in [0.717, 1.165) is 12.8 Å². The van der Waals surface area contributed by atoms with E-state index < -0.39 is 5.82 Å². The van der Waals surface area contributed by atoms with E-state index in [1.807, 2.05) is 13.8 Å². The molecule has 0 radical (unpaired) electrons. The van der Waals surface area contributed by atoms with Gasteiger partial charge in [0.05, 0.1) is 0 Å². The van der Waals surface area contributed by atoms with Crippen LogP contribution in [0.2, 0.25) is 0 Å². The standard InChI is InChI=1S/C15H23FN2O2/c1-4-11(5-2)18-15(19)9-20-12-6-7-13(10(3)17)14(16)8-12/h6-8,10-11H,4-5,9,17H2,1-3H3,(H,18,19)/t10-/m1/s1. The highest BCUT2D eigenvalue weighted by Gasteiger charge is 2.11. The van der Waals surface area contributed by atoms with Crippen molar-refractivity contribution in [1.29, 1.82) is 0 Å². The lowest BCUT2D eigenvalue weighted by molar-refractivity contribution is -0.123. The van der Waals surface area contributed by atoms with E-state index in [-0.39, 0.29) is 24.6 Å². The summed E-state index contributed by atoms with van der Waals surface area (Å²) in [5, 5.41) is 2.85. The number of benzene rings is 1. The molecule has 0 aromatic heterocycles. The minimum atomic E-state index is -0.419. The number of halogens is 1. The molecule has 0 unspecified atom stereocenters. The highest BCUT2D eigenvalue weighted by molar-refractivity contribution is 5.77. The van der Waals surface area contributed by atoms with Crippen molar-refractivity contribution < 1.29 is 13.9 Å². The molecule has 0 aliphatic heterocycles. The molecule has 0 saturated heterocycles. The van der Waals surface area contributed by atoms with Crippen molar-refractivity contribution in [3.05, 3.63) is 29.6 Å². The number of amides is 1. The number of rotatable bonds is 7. The fraction of sp³-hybridized carbons (Fsp3) is 0.533. The molecule has 5 heteroatoms. The summed E-state index contributed by atoms with van der Waals surface area (Å²) in [7, 11) is 0. The van der Waals surface area contributed by atoms with E-state index in [1.165, 1.54) is 6.07 Å². The number of carbonyl (C=O) groups is 1. The zero-order valence-corrected chi connectivity index (χ0v) is 12.3. The van der Waals surface area contributed by atoms with E-state index >= 15 is 0 Å². The molecule has 1 amide bonds. The Labute approximate surface area is 119 Å². The summed E-state index contributed by atoms with van der Waals surface area (Å²) in [6.07, 6.45) is 1.75. The van der Waals surface area contributed by atoms with Crippen molar-refractivity contribution in [2.24, 2.45) is 5.73 Å². The molecule has 0 aliphatic carbocycles. The van der Waals surface area contributed by atoms with Crippen LogP contribution in [-0.2, 0) is 4.79 Å². The Balaban J connectivity index is 2.53. The molecule has 0 aliphatic rings. The van der Waals surface area contributed by atoms with Crippen LogP contribution in [0.15, 0.2) is 18.2 Å². The predicted molar refractivity (Wildman–Crippen MR) is 77.0 cm³/mol. The Morgan fingerprint density at radius 3 is 2.55 bits per heavy atom. The van der Waals surface area contributed by atoms with Gasteiger partial charge in [0, 0.05) is 23.7 Å². The van der Waals surface area contributed by atoms with Gasteiger partial charge in [-0.15, -0.1) is 0 Å². The van der Waals surface area contributed by atoms with Crippen LogP contribution in [0, 0.1) is 5.82 Å². The zero-order chi connectivity index (χ0) is 15.1. The van der Waals surface area contributed by atoms with Crippen molar-refractivity contribution in [3.63, 3.8) is 0 Å². The Morgan fingerprint density at radius 2 is 2.05 bits per heavy atom.